The first kappa shape index (κ1) is 15.5. The molecule has 2 aliphatic rings. The third kappa shape index (κ3) is 3.81. The second kappa shape index (κ2) is 6.71. The van der Waals surface area contributed by atoms with Crippen LogP contribution >= 0.6 is 0 Å². The number of cyclic esters (lactones) is 1. The van der Waals surface area contributed by atoms with E-state index in [1.165, 1.54) is 6.92 Å². The van der Waals surface area contributed by atoms with Crippen LogP contribution in [-0.2, 0) is 33.3 Å². The molecule has 0 bridgehead atoms. The van der Waals surface area contributed by atoms with Crippen LogP contribution < -0.4 is 0 Å². The molecular formula is C14H18O7. The molecule has 116 valence electrons. The SMILES string of the molecule is C=C(C)C(=O)OC1COC(=O)C1C(=O)OC1CCCCO1. The maximum Gasteiger partial charge on any atom is 0.333 e. The minimum atomic E-state index is -1.26. The van der Waals surface area contributed by atoms with Crippen molar-refractivity contribution in [3.63, 3.8) is 0 Å². The lowest BCUT2D eigenvalue weighted by atomic mass is 10.1. The number of hydrogen-bond acceptors (Lipinski definition) is 7. The Kier molecular flexibility index (Phi) is 4.95. The van der Waals surface area contributed by atoms with Crippen molar-refractivity contribution in [1.29, 1.82) is 0 Å². The van der Waals surface area contributed by atoms with E-state index in [1.54, 1.807) is 0 Å². The monoisotopic (exact) mass is 298 g/mol. The predicted octanol–water partition coefficient (Wildman–Crippen LogP) is 0.717. The van der Waals surface area contributed by atoms with Crippen LogP contribution in [0.4, 0.5) is 0 Å². The van der Waals surface area contributed by atoms with Crippen LogP contribution in [0.2, 0.25) is 0 Å². The van der Waals surface area contributed by atoms with Gasteiger partial charge in [0.25, 0.3) is 0 Å². The summed E-state index contributed by atoms with van der Waals surface area (Å²) in [7, 11) is 0. The van der Waals surface area contributed by atoms with E-state index in [0.717, 1.165) is 12.8 Å². The van der Waals surface area contributed by atoms with E-state index < -0.39 is 36.2 Å². The molecule has 0 N–H and O–H groups in total. The molecule has 7 nitrogen and oxygen atoms in total. The molecule has 2 heterocycles. The zero-order chi connectivity index (χ0) is 15.4. The van der Waals surface area contributed by atoms with Crippen molar-refractivity contribution < 1.29 is 33.3 Å². The summed E-state index contributed by atoms with van der Waals surface area (Å²) in [6.45, 7) is 5.27. The molecule has 2 rings (SSSR count). The lowest BCUT2D eigenvalue weighted by molar-refractivity contribution is -0.194. The standard InChI is InChI=1S/C14H18O7/c1-8(2)12(15)20-9-7-19-13(16)11(9)14(17)21-10-5-3-4-6-18-10/h9-11H,1,3-7H2,2H3. The lowest BCUT2D eigenvalue weighted by Crippen LogP contribution is -2.37. The molecule has 2 aliphatic heterocycles. The van der Waals surface area contributed by atoms with Crippen molar-refractivity contribution in [3.05, 3.63) is 12.2 Å². The molecular weight excluding hydrogens is 280 g/mol. The normalized spacial score (nSPS) is 28.6. The molecule has 7 heteroatoms. The second-order valence-corrected chi connectivity index (χ2v) is 5.06. The Morgan fingerprint density at radius 1 is 1.29 bits per heavy atom. The molecule has 0 aromatic rings. The number of hydrogen-bond donors (Lipinski definition) is 0. The van der Waals surface area contributed by atoms with Gasteiger partial charge in [0.2, 0.25) is 6.29 Å². The molecule has 0 amide bonds. The van der Waals surface area contributed by atoms with Gasteiger partial charge in [-0.2, -0.15) is 0 Å². The van der Waals surface area contributed by atoms with Crippen molar-refractivity contribution in [2.24, 2.45) is 5.92 Å². The maximum absolute atomic E-state index is 12.1. The van der Waals surface area contributed by atoms with Crippen LogP contribution in [-0.4, -0.2) is 43.5 Å². The largest absolute Gasteiger partial charge is 0.461 e. The Morgan fingerprint density at radius 3 is 2.67 bits per heavy atom. The van der Waals surface area contributed by atoms with Gasteiger partial charge in [-0.25, -0.2) is 4.79 Å². The van der Waals surface area contributed by atoms with E-state index in [4.69, 9.17) is 18.9 Å². The van der Waals surface area contributed by atoms with Gasteiger partial charge in [0.05, 0.1) is 6.61 Å². The highest BCUT2D eigenvalue weighted by Gasteiger charge is 2.47. The van der Waals surface area contributed by atoms with Crippen LogP contribution in [0.1, 0.15) is 26.2 Å². The minimum absolute atomic E-state index is 0.164. The number of esters is 3. The molecule has 2 fully saturated rings. The predicted molar refractivity (Wildman–Crippen MR) is 68.8 cm³/mol. The first-order chi connectivity index (χ1) is 9.99. The quantitative estimate of drug-likeness (QED) is 0.327. The van der Waals surface area contributed by atoms with Crippen LogP contribution in [0, 0.1) is 5.92 Å². The highest BCUT2D eigenvalue weighted by Crippen LogP contribution is 2.23. The lowest BCUT2D eigenvalue weighted by Gasteiger charge is -2.24. The van der Waals surface area contributed by atoms with E-state index in [1.807, 2.05) is 0 Å². The van der Waals surface area contributed by atoms with Gasteiger partial charge >= 0.3 is 17.9 Å². The minimum Gasteiger partial charge on any atom is -0.461 e. The van der Waals surface area contributed by atoms with Gasteiger partial charge in [-0.05, 0) is 19.8 Å². The van der Waals surface area contributed by atoms with Gasteiger partial charge in [-0.1, -0.05) is 6.58 Å². The average molecular weight is 298 g/mol. The molecule has 0 spiro atoms. The molecule has 0 radical (unpaired) electrons. The van der Waals surface area contributed by atoms with Crippen molar-refractivity contribution in [1.82, 2.24) is 0 Å². The summed E-state index contributed by atoms with van der Waals surface area (Å²) < 4.78 is 20.2. The topological polar surface area (TPSA) is 88.1 Å². The van der Waals surface area contributed by atoms with Gasteiger partial charge in [0.15, 0.2) is 12.0 Å². The first-order valence-corrected chi connectivity index (χ1v) is 6.84. The molecule has 0 saturated carbocycles. The third-order valence-corrected chi connectivity index (χ3v) is 3.26. The maximum atomic E-state index is 12.1. The molecule has 2 saturated heterocycles. The smallest absolute Gasteiger partial charge is 0.333 e. The molecule has 3 unspecified atom stereocenters. The number of ether oxygens (including phenoxy) is 4. The number of carbonyl (C=O) groups is 3. The van der Waals surface area contributed by atoms with E-state index >= 15 is 0 Å². The molecule has 0 aromatic heterocycles. The van der Waals surface area contributed by atoms with Crippen molar-refractivity contribution >= 4 is 17.9 Å². The van der Waals surface area contributed by atoms with E-state index in [0.29, 0.717) is 13.0 Å². The fourth-order valence-electron chi connectivity index (χ4n) is 2.10. The van der Waals surface area contributed by atoms with Gasteiger partial charge in [-0.15, -0.1) is 0 Å². The Balaban J connectivity index is 1.96. The fourth-order valence-corrected chi connectivity index (χ4v) is 2.10. The molecule has 0 aromatic carbocycles. The highest BCUT2D eigenvalue weighted by atomic mass is 16.7. The van der Waals surface area contributed by atoms with Gasteiger partial charge < -0.3 is 18.9 Å². The van der Waals surface area contributed by atoms with Crippen molar-refractivity contribution in [2.45, 2.75) is 38.6 Å². The van der Waals surface area contributed by atoms with Crippen LogP contribution in [0.5, 0.6) is 0 Å². The average Bonchev–Trinajstić information content (AvgIpc) is 2.80. The summed E-state index contributed by atoms with van der Waals surface area (Å²) in [4.78, 5) is 35.2. The van der Waals surface area contributed by atoms with Crippen molar-refractivity contribution in [2.75, 3.05) is 13.2 Å². The highest BCUT2D eigenvalue weighted by molar-refractivity contribution is 5.97. The summed E-state index contributed by atoms with van der Waals surface area (Å²) in [5.74, 6) is -3.48. The second-order valence-electron chi connectivity index (χ2n) is 5.06. The Bertz CT molecular complexity index is 450. The van der Waals surface area contributed by atoms with E-state index in [-0.39, 0.29) is 12.2 Å². The summed E-state index contributed by atoms with van der Waals surface area (Å²) in [5.41, 5.74) is 0.178. The molecule has 21 heavy (non-hydrogen) atoms. The number of carbonyl (C=O) groups excluding carboxylic acids is 3. The Labute approximate surface area is 122 Å². The summed E-state index contributed by atoms with van der Waals surface area (Å²) in [6, 6.07) is 0. The van der Waals surface area contributed by atoms with Crippen LogP contribution in [0.15, 0.2) is 12.2 Å². The van der Waals surface area contributed by atoms with Crippen LogP contribution in [0.3, 0.4) is 0 Å². The first-order valence-electron chi connectivity index (χ1n) is 6.84. The van der Waals surface area contributed by atoms with E-state index in [2.05, 4.69) is 6.58 Å². The van der Waals surface area contributed by atoms with Gasteiger partial charge in [-0.3, -0.25) is 9.59 Å². The molecule has 3 atom stereocenters. The summed E-state index contributed by atoms with van der Waals surface area (Å²) in [5, 5.41) is 0. The number of rotatable bonds is 4. The zero-order valence-corrected chi connectivity index (χ0v) is 11.8. The van der Waals surface area contributed by atoms with Crippen LogP contribution in [0.25, 0.3) is 0 Å². The Hall–Kier alpha value is -1.89. The zero-order valence-electron chi connectivity index (χ0n) is 11.8. The summed E-state index contributed by atoms with van der Waals surface area (Å²) >= 11 is 0. The third-order valence-electron chi connectivity index (χ3n) is 3.26. The van der Waals surface area contributed by atoms with Gasteiger partial charge in [0.1, 0.15) is 6.61 Å². The molecule has 0 aliphatic carbocycles. The Morgan fingerprint density at radius 2 is 2.05 bits per heavy atom. The fraction of sp³-hybridized carbons (Fsp3) is 0.643. The van der Waals surface area contributed by atoms with Gasteiger partial charge in [0, 0.05) is 12.0 Å². The van der Waals surface area contributed by atoms with Crippen molar-refractivity contribution in [3.8, 4) is 0 Å². The summed E-state index contributed by atoms with van der Waals surface area (Å²) in [6.07, 6.45) is 0.749. The van der Waals surface area contributed by atoms with E-state index in [9.17, 15) is 14.4 Å².